The molecule has 0 saturated carbocycles. The molecule has 0 aliphatic carbocycles. The van der Waals surface area contributed by atoms with Gasteiger partial charge in [0.1, 0.15) is 5.75 Å². The van der Waals surface area contributed by atoms with E-state index in [-0.39, 0.29) is 17.9 Å². The second-order valence-electron chi connectivity index (χ2n) is 5.56. The first-order chi connectivity index (χ1) is 12.7. The fraction of sp³-hybridized carbons (Fsp3) is 0.278. The van der Waals surface area contributed by atoms with Crippen molar-refractivity contribution in [2.24, 2.45) is 0 Å². The third-order valence-corrected chi connectivity index (χ3v) is 5.52. The van der Waals surface area contributed by atoms with E-state index < -0.39 is 22.0 Å². The zero-order valence-electron chi connectivity index (χ0n) is 14.7. The Morgan fingerprint density at radius 3 is 2.41 bits per heavy atom. The maximum atomic E-state index is 12.8. The average molecular weight is 432 g/mol. The van der Waals surface area contributed by atoms with Gasteiger partial charge in [0.05, 0.1) is 31.1 Å². The van der Waals surface area contributed by atoms with Crippen molar-refractivity contribution in [3.05, 3.63) is 58.1 Å². The molecule has 146 valence electrons. The smallest absolute Gasteiger partial charge is 0.307 e. The van der Waals surface area contributed by atoms with Crippen LogP contribution in [0, 0.1) is 0 Å². The van der Waals surface area contributed by atoms with E-state index in [9.17, 15) is 13.2 Å². The van der Waals surface area contributed by atoms with E-state index in [4.69, 9.17) is 32.7 Å². The Hall–Kier alpha value is -1.80. The first-order valence-corrected chi connectivity index (χ1v) is 10.3. The van der Waals surface area contributed by atoms with Gasteiger partial charge in [0.15, 0.2) is 0 Å². The lowest BCUT2D eigenvalue weighted by Gasteiger charge is -2.19. The van der Waals surface area contributed by atoms with Gasteiger partial charge in [-0.2, -0.15) is 0 Å². The normalized spacial score (nSPS) is 12.4. The van der Waals surface area contributed by atoms with Crippen molar-refractivity contribution >= 4 is 39.2 Å². The number of ether oxygens (including phenoxy) is 2. The molecule has 1 N–H and O–H groups in total. The van der Waals surface area contributed by atoms with Gasteiger partial charge < -0.3 is 9.47 Å². The molecule has 0 aliphatic rings. The van der Waals surface area contributed by atoms with E-state index in [1.54, 1.807) is 31.2 Å². The fourth-order valence-electron chi connectivity index (χ4n) is 2.41. The van der Waals surface area contributed by atoms with Crippen molar-refractivity contribution in [2.45, 2.75) is 24.3 Å². The zero-order chi connectivity index (χ0) is 20.0. The Bertz CT molecular complexity index is 897. The molecule has 0 amide bonds. The molecule has 0 spiro atoms. The highest BCUT2D eigenvalue weighted by atomic mass is 35.5. The third-order valence-electron chi connectivity index (χ3n) is 3.61. The van der Waals surface area contributed by atoms with Crippen molar-refractivity contribution in [3.8, 4) is 5.75 Å². The van der Waals surface area contributed by atoms with E-state index in [2.05, 4.69) is 4.72 Å². The topological polar surface area (TPSA) is 81.7 Å². The van der Waals surface area contributed by atoms with E-state index >= 15 is 0 Å². The third kappa shape index (κ3) is 6.10. The van der Waals surface area contributed by atoms with Crippen LogP contribution < -0.4 is 9.46 Å². The summed E-state index contributed by atoms with van der Waals surface area (Å²) in [7, 11) is -2.51. The van der Waals surface area contributed by atoms with Crippen molar-refractivity contribution in [1.82, 2.24) is 4.72 Å². The molecule has 1 atom stereocenters. The summed E-state index contributed by atoms with van der Waals surface area (Å²) in [5.74, 6) is -0.155. The standard InChI is InChI=1S/C18H19Cl2NO5S/c1-3-26-18(22)11-17(12-7-13(19)9-14(20)8-12)21-27(23,24)16-6-4-5-15(10-16)25-2/h4-10,17,21H,3,11H2,1-2H3. The lowest BCUT2D eigenvalue weighted by molar-refractivity contribution is -0.143. The minimum Gasteiger partial charge on any atom is -0.497 e. The number of methoxy groups -OCH3 is 1. The number of hydrogen-bond donors (Lipinski definition) is 1. The lowest BCUT2D eigenvalue weighted by Crippen LogP contribution is -2.30. The summed E-state index contributed by atoms with van der Waals surface area (Å²) in [4.78, 5) is 12.0. The SMILES string of the molecule is CCOC(=O)CC(NS(=O)(=O)c1cccc(OC)c1)c1cc(Cl)cc(Cl)c1. The van der Waals surface area contributed by atoms with E-state index in [0.717, 1.165) is 0 Å². The van der Waals surface area contributed by atoms with Crippen molar-refractivity contribution < 1.29 is 22.7 Å². The monoisotopic (exact) mass is 431 g/mol. The van der Waals surface area contributed by atoms with Crippen LogP contribution in [0.15, 0.2) is 47.4 Å². The van der Waals surface area contributed by atoms with Crippen LogP contribution in [0.4, 0.5) is 0 Å². The van der Waals surface area contributed by atoms with Crippen LogP contribution in [0.1, 0.15) is 24.9 Å². The Kier molecular flexibility index (Phi) is 7.49. The van der Waals surface area contributed by atoms with Gasteiger partial charge >= 0.3 is 5.97 Å². The van der Waals surface area contributed by atoms with Crippen molar-refractivity contribution in [3.63, 3.8) is 0 Å². The zero-order valence-corrected chi connectivity index (χ0v) is 17.1. The maximum Gasteiger partial charge on any atom is 0.307 e. The highest BCUT2D eigenvalue weighted by molar-refractivity contribution is 7.89. The Morgan fingerprint density at radius 2 is 1.81 bits per heavy atom. The molecule has 0 bridgehead atoms. The molecule has 9 heteroatoms. The van der Waals surface area contributed by atoms with Crippen LogP contribution in [-0.2, 0) is 19.6 Å². The second-order valence-corrected chi connectivity index (χ2v) is 8.15. The van der Waals surface area contributed by atoms with E-state index in [1.165, 1.54) is 25.3 Å². The largest absolute Gasteiger partial charge is 0.497 e. The lowest BCUT2D eigenvalue weighted by atomic mass is 10.1. The summed E-state index contributed by atoms with van der Waals surface area (Å²) in [6.07, 6.45) is -0.215. The van der Waals surface area contributed by atoms with Gasteiger partial charge in [-0.1, -0.05) is 29.3 Å². The van der Waals surface area contributed by atoms with E-state index in [0.29, 0.717) is 21.4 Å². The Morgan fingerprint density at radius 1 is 1.15 bits per heavy atom. The molecule has 6 nitrogen and oxygen atoms in total. The summed E-state index contributed by atoms with van der Waals surface area (Å²) >= 11 is 12.1. The molecule has 0 fully saturated rings. The number of esters is 1. The van der Waals surface area contributed by atoms with Gasteiger partial charge in [-0.25, -0.2) is 13.1 Å². The number of nitrogens with one attached hydrogen (secondary N) is 1. The first kappa shape index (κ1) is 21.5. The molecule has 27 heavy (non-hydrogen) atoms. The van der Waals surface area contributed by atoms with Gasteiger partial charge in [0.25, 0.3) is 0 Å². The molecule has 0 aromatic heterocycles. The van der Waals surface area contributed by atoms with Gasteiger partial charge in [-0.3, -0.25) is 4.79 Å². The Labute approximate surface area is 168 Å². The van der Waals surface area contributed by atoms with Crippen molar-refractivity contribution in [1.29, 1.82) is 0 Å². The summed E-state index contributed by atoms with van der Waals surface area (Å²) < 4.78 is 38.2. The molecular formula is C18H19Cl2NO5S. The maximum absolute atomic E-state index is 12.8. The van der Waals surface area contributed by atoms with Gasteiger partial charge in [0.2, 0.25) is 10.0 Å². The highest BCUT2D eigenvalue weighted by Crippen LogP contribution is 2.28. The van der Waals surface area contributed by atoms with Crippen LogP contribution >= 0.6 is 23.2 Å². The van der Waals surface area contributed by atoms with Gasteiger partial charge in [0, 0.05) is 16.1 Å². The fourth-order valence-corrected chi connectivity index (χ4v) is 4.22. The molecule has 0 heterocycles. The second kappa shape index (κ2) is 9.41. The van der Waals surface area contributed by atoms with Gasteiger partial charge in [-0.05, 0) is 42.8 Å². The van der Waals surface area contributed by atoms with E-state index in [1.807, 2.05) is 0 Å². The minimum atomic E-state index is -3.95. The number of hydrogen-bond acceptors (Lipinski definition) is 5. The minimum absolute atomic E-state index is 0.00355. The Balaban J connectivity index is 2.38. The van der Waals surface area contributed by atoms with Crippen LogP contribution in [-0.4, -0.2) is 28.1 Å². The summed E-state index contributed by atoms with van der Waals surface area (Å²) in [6, 6.07) is 9.71. The molecular weight excluding hydrogens is 413 g/mol. The van der Waals surface area contributed by atoms with Crippen LogP contribution in [0.5, 0.6) is 5.75 Å². The molecule has 1 unspecified atom stereocenters. The number of carbonyl (C=O) groups is 1. The van der Waals surface area contributed by atoms with Crippen LogP contribution in [0.2, 0.25) is 10.0 Å². The van der Waals surface area contributed by atoms with Crippen molar-refractivity contribution in [2.75, 3.05) is 13.7 Å². The number of carbonyl (C=O) groups excluding carboxylic acids is 1. The highest BCUT2D eigenvalue weighted by Gasteiger charge is 2.25. The summed E-state index contributed by atoms with van der Waals surface area (Å²) in [6.45, 7) is 1.86. The molecule has 2 aromatic carbocycles. The number of halogens is 2. The molecule has 2 rings (SSSR count). The first-order valence-electron chi connectivity index (χ1n) is 8.03. The number of sulfonamides is 1. The summed E-state index contributed by atoms with van der Waals surface area (Å²) in [5, 5.41) is 0.652. The summed E-state index contributed by atoms with van der Waals surface area (Å²) in [5.41, 5.74) is 0.451. The van der Waals surface area contributed by atoms with Gasteiger partial charge in [-0.15, -0.1) is 0 Å². The van der Waals surface area contributed by atoms with Crippen LogP contribution in [0.25, 0.3) is 0 Å². The molecule has 0 aliphatic heterocycles. The molecule has 2 aromatic rings. The molecule has 0 radical (unpaired) electrons. The number of benzene rings is 2. The predicted molar refractivity (Wildman–Crippen MR) is 104 cm³/mol. The quantitative estimate of drug-likeness (QED) is 0.639. The number of rotatable bonds is 8. The average Bonchev–Trinajstić information content (AvgIpc) is 2.60. The van der Waals surface area contributed by atoms with Crippen LogP contribution in [0.3, 0.4) is 0 Å². The predicted octanol–water partition coefficient (Wildman–Crippen LogP) is 3.97. The molecule has 0 saturated heterocycles.